The molecule has 0 aliphatic heterocycles. The summed E-state index contributed by atoms with van der Waals surface area (Å²) in [6.45, 7) is 6.42. The van der Waals surface area contributed by atoms with Crippen LogP contribution in [0.25, 0.3) is 0 Å². The minimum atomic E-state index is -0.136. The van der Waals surface area contributed by atoms with E-state index in [0.29, 0.717) is 5.56 Å². The lowest BCUT2D eigenvalue weighted by Crippen LogP contribution is -2.11. The van der Waals surface area contributed by atoms with E-state index in [9.17, 15) is 4.79 Å². The van der Waals surface area contributed by atoms with Gasteiger partial charge in [-0.2, -0.15) is 5.10 Å². The molecule has 0 fully saturated rings. The summed E-state index contributed by atoms with van der Waals surface area (Å²) in [5.74, 6) is 0.136. The highest BCUT2D eigenvalue weighted by Gasteiger charge is 2.15. The molecule has 0 aliphatic carbocycles. The predicted octanol–water partition coefficient (Wildman–Crippen LogP) is 2.33. The molecule has 1 aromatic carbocycles. The molecule has 0 aliphatic rings. The minimum Gasteiger partial charge on any atom is -0.285 e. The number of nitrogens with zero attached hydrogens (tertiary/aromatic N) is 2. The van der Waals surface area contributed by atoms with Crippen molar-refractivity contribution in [2.45, 2.75) is 26.2 Å². The third-order valence-corrected chi connectivity index (χ3v) is 2.64. The second-order valence-electron chi connectivity index (χ2n) is 4.99. The number of aromatic amines is 1. The molecule has 4 heteroatoms. The van der Waals surface area contributed by atoms with Gasteiger partial charge in [-0.3, -0.25) is 9.89 Å². The van der Waals surface area contributed by atoms with Crippen molar-refractivity contribution < 1.29 is 4.79 Å². The summed E-state index contributed by atoms with van der Waals surface area (Å²) < 4.78 is 0. The Bertz CT molecular complexity index is 507. The molecule has 0 radical (unpaired) electrons. The molecule has 2 rings (SSSR count). The maximum absolute atomic E-state index is 11.9. The highest BCUT2D eigenvalue weighted by molar-refractivity contribution is 6.06. The second-order valence-corrected chi connectivity index (χ2v) is 4.99. The molecule has 0 bridgehead atoms. The van der Waals surface area contributed by atoms with Crippen LogP contribution in [0.15, 0.2) is 30.6 Å². The first-order valence-corrected chi connectivity index (χ1v) is 5.49. The van der Waals surface area contributed by atoms with Gasteiger partial charge in [-0.05, 0) is 11.0 Å². The smallest absolute Gasteiger partial charge is 0.229 e. The number of hydrogen-bond acceptors (Lipinski definition) is 3. The number of benzene rings is 1. The van der Waals surface area contributed by atoms with Gasteiger partial charge in [-0.1, -0.05) is 45.0 Å². The molecule has 0 spiro atoms. The molecular weight excluding hydrogens is 214 g/mol. The first-order chi connectivity index (χ1) is 7.98. The highest BCUT2D eigenvalue weighted by Crippen LogP contribution is 2.22. The number of hydrogen-bond donors (Lipinski definition) is 1. The summed E-state index contributed by atoms with van der Waals surface area (Å²) in [6, 6.07) is 7.60. The predicted molar refractivity (Wildman–Crippen MR) is 65.0 cm³/mol. The lowest BCUT2D eigenvalue weighted by molar-refractivity contribution is 0.102. The largest absolute Gasteiger partial charge is 0.285 e. The Hall–Kier alpha value is -1.97. The highest BCUT2D eigenvalue weighted by atomic mass is 16.1. The molecule has 1 aromatic heterocycles. The van der Waals surface area contributed by atoms with Gasteiger partial charge in [-0.25, -0.2) is 4.98 Å². The SMILES string of the molecule is CC(C)(C)c1ccc(C(=O)c2ncn[nH]2)cc1. The van der Waals surface area contributed by atoms with Crippen LogP contribution in [-0.2, 0) is 5.41 Å². The van der Waals surface area contributed by atoms with Crippen LogP contribution in [0, 0.1) is 0 Å². The summed E-state index contributed by atoms with van der Waals surface area (Å²) in [4.78, 5) is 15.8. The standard InChI is InChI=1S/C13H15N3O/c1-13(2,3)10-6-4-9(5-7-10)11(17)12-14-8-15-16-12/h4-8H,1-3H3,(H,14,15,16). The van der Waals surface area contributed by atoms with E-state index < -0.39 is 0 Å². The third kappa shape index (κ3) is 2.41. The number of nitrogens with one attached hydrogen (secondary N) is 1. The summed E-state index contributed by atoms with van der Waals surface area (Å²) in [6.07, 6.45) is 1.33. The van der Waals surface area contributed by atoms with Crippen LogP contribution in [0.5, 0.6) is 0 Å². The van der Waals surface area contributed by atoms with E-state index in [-0.39, 0.29) is 17.0 Å². The molecule has 0 saturated heterocycles. The Morgan fingerprint density at radius 1 is 1.18 bits per heavy atom. The van der Waals surface area contributed by atoms with Gasteiger partial charge in [0.15, 0.2) is 5.82 Å². The Morgan fingerprint density at radius 2 is 1.82 bits per heavy atom. The van der Waals surface area contributed by atoms with Crippen LogP contribution in [0.2, 0.25) is 0 Å². The van der Waals surface area contributed by atoms with Crippen LogP contribution in [0.1, 0.15) is 42.5 Å². The minimum absolute atomic E-state index is 0.0911. The van der Waals surface area contributed by atoms with Crippen molar-refractivity contribution in [3.8, 4) is 0 Å². The van der Waals surface area contributed by atoms with Crippen molar-refractivity contribution in [2.75, 3.05) is 0 Å². The second kappa shape index (κ2) is 4.13. The molecule has 0 amide bonds. The fourth-order valence-corrected chi connectivity index (χ4v) is 1.57. The van der Waals surface area contributed by atoms with Crippen molar-refractivity contribution in [1.29, 1.82) is 0 Å². The lowest BCUT2D eigenvalue weighted by Gasteiger charge is -2.18. The van der Waals surface area contributed by atoms with Crippen molar-refractivity contribution in [3.05, 3.63) is 47.5 Å². The molecule has 1 heterocycles. The molecule has 0 saturated carbocycles. The number of ketones is 1. The number of aromatic nitrogens is 3. The fraction of sp³-hybridized carbons (Fsp3) is 0.308. The van der Waals surface area contributed by atoms with Crippen molar-refractivity contribution >= 4 is 5.78 Å². The zero-order valence-electron chi connectivity index (χ0n) is 10.2. The summed E-state index contributed by atoms with van der Waals surface area (Å²) >= 11 is 0. The van der Waals surface area contributed by atoms with Crippen LogP contribution >= 0.6 is 0 Å². The van der Waals surface area contributed by atoms with Crippen LogP contribution < -0.4 is 0 Å². The molecule has 88 valence electrons. The third-order valence-electron chi connectivity index (χ3n) is 2.64. The normalized spacial score (nSPS) is 11.5. The quantitative estimate of drug-likeness (QED) is 0.804. The average molecular weight is 229 g/mol. The number of rotatable bonds is 2. The summed E-state index contributed by atoms with van der Waals surface area (Å²) in [5, 5.41) is 6.24. The monoisotopic (exact) mass is 229 g/mol. The van der Waals surface area contributed by atoms with Gasteiger partial charge >= 0.3 is 0 Å². The molecule has 0 unspecified atom stereocenters. The van der Waals surface area contributed by atoms with Gasteiger partial charge in [0.05, 0.1) is 0 Å². The Balaban J connectivity index is 2.28. The molecule has 1 N–H and O–H groups in total. The number of carbonyl (C=O) groups excluding carboxylic acids is 1. The maximum atomic E-state index is 11.9. The summed E-state index contributed by atoms with van der Waals surface area (Å²) in [5.41, 5.74) is 1.91. The van der Waals surface area contributed by atoms with E-state index >= 15 is 0 Å². The summed E-state index contributed by atoms with van der Waals surface area (Å²) in [7, 11) is 0. The van der Waals surface area contributed by atoms with E-state index in [2.05, 4.69) is 36.0 Å². The van der Waals surface area contributed by atoms with Crippen LogP contribution in [-0.4, -0.2) is 21.0 Å². The zero-order chi connectivity index (χ0) is 12.5. The molecule has 0 atom stereocenters. The van der Waals surface area contributed by atoms with E-state index in [1.807, 2.05) is 24.3 Å². The Labute approximate surface area is 100 Å². The number of H-pyrrole nitrogens is 1. The Morgan fingerprint density at radius 3 is 2.29 bits per heavy atom. The van der Waals surface area contributed by atoms with E-state index in [4.69, 9.17) is 0 Å². The Kier molecular flexibility index (Phi) is 2.79. The maximum Gasteiger partial charge on any atom is 0.229 e. The van der Waals surface area contributed by atoms with Gasteiger partial charge < -0.3 is 0 Å². The topological polar surface area (TPSA) is 58.6 Å². The van der Waals surface area contributed by atoms with Crippen molar-refractivity contribution in [1.82, 2.24) is 15.2 Å². The van der Waals surface area contributed by atoms with Gasteiger partial charge in [-0.15, -0.1) is 0 Å². The fourth-order valence-electron chi connectivity index (χ4n) is 1.57. The lowest BCUT2D eigenvalue weighted by atomic mass is 9.86. The average Bonchev–Trinajstić information content (AvgIpc) is 2.80. The molecule has 4 nitrogen and oxygen atoms in total. The molecular formula is C13H15N3O. The van der Waals surface area contributed by atoms with Crippen LogP contribution in [0.3, 0.4) is 0 Å². The first kappa shape index (κ1) is 11.5. The van der Waals surface area contributed by atoms with E-state index in [0.717, 1.165) is 0 Å². The van der Waals surface area contributed by atoms with Crippen LogP contribution in [0.4, 0.5) is 0 Å². The zero-order valence-corrected chi connectivity index (χ0v) is 10.2. The van der Waals surface area contributed by atoms with Crippen molar-refractivity contribution in [2.24, 2.45) is 0 Å². The first-order valence-electron chi connectivity index (χ1n) is 5.49. The van der Waals surface area contributed by atoms with E-state index in [1.165, 1.54) is 11.9 Å². The van der Waals surface area contributed by atoms with Gasteiger partial charge in [0, 0.05) is 5.56 Å². The van der Waals surface area contributed by atoms with Gasteiger partial charge in [0.1, 0.15) is 6.33 Å². The number of carbonyl (C=O) groups is 1. The van der Waals surface area contributed by atoms with Gasteiger partial charge in [0.2, 0.25) is 5.78 Å². The van der Waals surface area contributed by atoms with Crippen molar-refractivity contribution in [3.63, 3.8) is 0 Å². The molecule has 17 heavy (non-hydrogen) atoms. The van der Waals surface area contributed by atoms with E-state index in [1.54, 1.807) is 0 Å². The van der Waals surface area contributed by atoms with Gasteiger partial charge in [0.25, 0.3) is 0 Å². The molecule has 2 aromatic rings.